The Bertz CT molecular complexity index is 721. The first-order valence-corrected chi connectivity index (χ1v) is 7.66. The van der Waals surface area contributed by atoms with Crippen molar-refractivity contribution in [2.45, 2.75) is 6.42 Å². The van der Waals surface area contributed by atoms with Crippen LogP contribution in [0.4, 0.5) is 16.2 Å². The molecule has 0 aliphatic carbocycles. The Labute approximate surface area is 144 Å². The van der Waals surface area contributed by atoms with Gasteiger partial charge in [-0.05, 0) is 30.3 Å². The highest BCUT2D eigenvalue weighted by Gasteiger charge is 2.09. The first-order chi connectivity index (χ1) is 11.6. The summed E-state index contributed by atoms with van der Waals surface area (Å²) in [6, 6.07) is 10.9. The lowest BCUT2D eigenvalue weighted by molar-refractivity contribution is 0.112. The molecule has 0 aliphatic heterocycles. The fourth-order valence-electron chi connectivity index (χ4n) is 1.95. The van der Waals surface area contributed by atoms with Crippen LogP contribution in [0, 0.1) is 0 Å². The lowest BCUT2D eigenvalue weighted by Gasteiger charge is -2.13. The summed E-state index contributed by atoms with van der Waals surface area (Å²) in [4.78, 5) is 22.9. The number of halogens is 1. The molecule has 0 spiro atoms. The number of urea groups is 1. The van der Waals surface area contributed by atoms with E-state index in [1.807, 2.05) is 0 Å². The number of hydrogen-bond acceptors (Lipinski definition) is 4. The first kappa shape index (κ1) is 17.8. The number of amides is 2. The number of anilines is 2. The summed E-state index contributed by atoms with van der Waals surface area (Å²) in [6.45, 7) is 0.333. The molecule has 6 nitrogen and oxygen atoms in total. The van der Waals surface area contributed by atoms with Crippen molar-refractivity contribution < 1.29 is 19.4 Å². The normalized spacial score (nSPS) is 10.1. The number of aldehydes is 1. The molecule has 0 aliphatic rings. The van der Waals surface area contributed by atoms with Crippen molar-refractivity contribution >= 4 is 35.3 Å². The largest absolute Gasteiger partial charge is 0.491 e. The van der Waals surface area contributed by atoms with Crippen LogP contribution in [0.25, 0.3) is 0 Å². The number of hydrogen-bond donors (Lipinski definition) is 3. The summed E-state index contributed by atoms with van der Waals surface area (Å²) < 4.78 is 5.51. The van der Waals surface area contributed by atoms with Gasteiger partial charge in [0.25, 0.3) is 0 Å². The Morgan fingerprint density at radius 3 is 2.79 bits per heavy atom. The fraction of sp³-hybridized carbons (Fsp3) is 0.176. The highest BCUT2D eigenvalue weighted by Crippen LogP contribution is 2.28. The smallest absolute Gasteiger partial charge is 0.323 e. The Morgan fingerprint density at radius 1 is 1.21 bits per heavy atom. The minimum Gasteiger partial charge on any atom is -0.491 e. The van der Waals surface area contributed by atoms with Crippen molar-refractivity contribution in [1.82, 2.24) is 0 Å². The molecule has 0 aromatic heterocycles. The van der Waals surface area contributed by atoms with Gasteiger partial charge in [-0.25, -0.2) is 4.79 Å². The second kappa shape index (κ2) is 8.90. The Balaban J connectivity index is 2.06. The minimum absolute atomic E-state index is 0.0178. The molecule has 0 unspecified atom stereocenters. The monoisotopic (exact) mass is 348 g/mol. The molecule has 2 amide bonds. The summed E-state index contributed by atoms with van der Waals surface area (Å²) >= 11 is 5.96. The molecule has 0 saturated heterocycles. The Kier molecular flexibility index (Phi) is 6.60. The zero-order valence-corrected chi connectivity index (χ0v) is 13.5. The molecule has 2 aromatic rings. The maximum absolute atomic E-state index is 12.1. The van der Waals surface area contributed by atoms with Gasteiger partial charge in [-0.2, -0.15) is 0 Å². The van der Waals surface area contributed by atoms with Gasteiger partial charge < -0.3 is 20.5 Å². The van der Waals surface area contributed by atoms with Crippen molar-refractivity contribution in [3.05, 3.63) is 53.1 Å². The van der Waals surface area contributed by atoms with E-state index in [-0.39, 0.29) is 6.61 Å². The van der Waals surface area contributed by atoms with Crippen molar-refractivity contribution in [3.63, 3.8) is 0 Å². The third-order valence-corrected chi connectivity index (χ3v) is 3.27. The van der Waals surface area contributed by atoms with E-state index in [2.05, 4.69) is 10.6 Å². The molecule has 0 atom stereocenters. The highest BCUT2D eigenvalue weighted by molar-refractivity contribution is 6.31. The van der Waals surface area contributed by atoms with Crippen LogP contribution in [-0.4, -0.2) is 30.6 Å². The molecule has 126 valence electrons. The van der Waals surface area contributed by atoms with Gasteiger partial charge in [0, 0.05) is 29.3 Å². The standard InChI is InChI=1S/C17H17ClN2O4/c18-13-5-6-16(24-8-2-7-21)15(10-13)20-17(23)19-14-4-1-3-12(9-14)11-22/h1,3-6,9-11,21H,2,7-8H2,(H2,19,20,23). The third-order valence-electron chi connectivity index (χ3n) is 3.03. The topological polar surface area (TPSA) is 87.7 Å². The van der Waals surface area contributed by atoms with Crippen LogP contribution < -0.4 is 15.4 Å². The van der Waals surface area contributed by atoms with Crippen LogP contribution in [0.15, 0.2) is 42.5 Å². The molecule has 0 heterocycles. The molecule has 0 fully saturated rings. The van der Waals surface area contributed by atoms with E-state index in [1.54, 1.807) is 42.5 Å². The van der Waals surface area contributed by atoms with Gasteiger partial charge in [0.1, 0.15) is 12.0 Å². The molecular formula is C17H17ClN2O4. The van der Waals surface area contributed by atoms with Gasteiger partial charge in [0.2, 0.25) is 0 Å². The van der Waals surface area contributed by atoms with Gasteiger partial charge >= 0.3 is 6.03 Å². The number of carbonyl (C=O) groups excluding carboxylic acids is 2. The van der Waals surface area contributed by atoms with Gasteiger partial charge in [-0.15, -0.1) is 0 Å². The summed E-state index contributed by atoms with van der Waals surface area (Å²) in [5.74, 6) is 0.449. The van der Waals surface area contributed by atoms with Crippen LogP contribution in [0.1, 0.15) is 16.8 Å². The number of carbonyl (C=O) groups is 2. The lowest BCUT2D eigenvalue weighted by Crippen LogP contribution is -2.20. The van der Waals surface area contributed by atoms with Gasteiger partial charge in [-0.3, -0.25) is 4.79 Å². The van der Waals surface area contributed by atoms with Gasteiger partial charge in [0.05, 0.1) is 12.3 Å². The number of aliphatic hydroxyl groups excluding tert-OH is 1. The van der Waals surface area contributed by atoms with E-state index < -0.39 is 6.03 Å². The predicted octanol–water partition coefficient (Wildman–Crippen LogP) is 3.56. The molecule has 2 rings (SSSR count). The van der Waals surface area contributed by atoms with Crippen LogP contribution in [-0.2, 0) is 0 Å². The average molecular weight is 349 g/mol. The highest BCUT2D eigenvalue weighted by atomic mass is 35.5. The second-order valence-corrected chi connectivity index (χ2v) is 5.32. The maximum Gasteiger partial charge on any atom is 0.323 e. The van der Waals surface area contributed by atoms with E-state index in [9.17, 15) is 9.59 Å². The van der Waals surface area contributed by atoms with Crippen molar-refractivity contribution in [2.24, 2.45) is 0 Å². The lowest BCUT2D eigenvalue weighted by atomic mass is 10.2. The molecule has 24 heavy (non-hydrogen) atoms. The number of nitrogens with one attached hydrogen (secondary N) is 2. The second-order valence-electron chi connectivity index (χ2n) is 4.89. The number of aliphatic hydroxyl groups is 1. The van der Waals surface area contributed by atoms with E-state index in [1.165, 1.54) is 0 Å². The van der Waals surface area contributed by atoms with E-state index in [0.717, 1.165) is 0 Å². The summed E-state index contributed by atoms with van der Waals surface area (Å²) in [6.07, 6.45) is 1.18. The van der Waals surface area contributed by atoms with Crippen LogP contribution in [0.5, 0.6) is 5.75 Å². The summed E-state index contributed by atoms with van der Waals surface area (Å²) in [5.41, 5.74) is 1.36. The van der Waals surface area contributed by atoms with Crippen LogP contribution in [0.3, 0.4) is 0 Å². The molecule has 7 heteroatoms. The zero-order chi connectivity index (χ0) is 17.4. The maximum atomic E-state index is 12.1. The Hall–Kier alpha value is -2.57. The number of ether oxygens (including phenoxy) is 1. The third kappa shape index (κ3) is 5.26. The molecule has 0 bridgehead atoms. The van der Waals surface area contributed by atoms with Crippen LogP contribution >= 0.6 is 11.6 Å². The summed E-state index contributed by atoms with van der Waals surface area (Å²) in [5, 5.41) is 14.5. The molecular weight excluding hydrogens is 332 g/mol. The van der Waals surface area contributed by atoms with E-state index in [4.69, 9.17) is 21.4 Å². The summed E-state index contributed by atoms with van der Waals surface area (Å²) in [7, 11) is 0. The first-order valence-electron chi connectivity index (χ1n) is 7.29. The average Bonchev–Trinajstić information content (AvgIpc) is 2.57. The molecule has 0 saturated carbocycles. The van der Waals surface area contributed by atoms with Crippen molar-refractivity contribution in [2.75, 3.05) is 23.8 Å². The number of rotatable bonds is 7. The van der Waals surface area contributed by atoms with Gasteiger partial charge in [0.15, 0.2) is 0 Å². The van der Waals surface area contributed by atoms with Crippen molar-refractivity contribution in [1.29, 1.82) is 0 Å². The number of benzene rings is 2. The SMILES string of the molecule is O=Cc1cccc(NC(=O)Nc2cc(Cl)ccc2OCCCO)c1. The molecule has 2 aromatic carbocycles. The Morgan fingerprint density at radius 2 is 2.04 bits per heavy atom. The van der Waals surface area contributed by atoms with E-state index in [0.29, 0.717) is 47.0 Å². The van der Waals surface area contributed by atoms with Crippen molar-refractivity contribution in [3.8, 4) is 5.75 Å². The van der Waals surface area contributed by atoms with Crippen LogP contribution in [0.2, 0.25) is 5.02 Å². The minimum atomic E-state index is -0.493. The zero-order valence-electron chi connectivity index (χ0n) is 12.8. The quantitative estimate of drug-likeness (QED) is 0.527. The molecule has 0 radical (unpaired) electrons. The van der Waals surface area contributed by atoms with E-state index >= 15 is 0 Å². The predicted molar refractivity (Wildman–Crippen MR) is 93.1 cm³/mol. The molecule has 3 N–H and O–H groups in total. The fourth-order valence-corrected chi connectivity index (χ4v) is 2.12. The van der Waals surface area contributed by atoms with Gasteiger partial charge in [-0.1, -0.05) is 23.7 Å².